The van der Waals surface area contributed by atoms with E-state index in [0.29, 0.717) is 11.5 Å². The number of furan rings is 1. The van der Waals surface area contributed by atoms with E-state index in [9.17, 15) is 9.59 Å². The summed E-state index contributed by atoms with van der Waals surface area (Å²) in [5, 5.41) is 11.7. The van der Waals surface area contributed by atoms with Crippen LogP contribution in [0.3, 0.4) is 0 Å². The highest BCUT2D eigenvalue weighted by molar-refractivity contribution is 5.89. The third-order valence-corrected chi connectivity index (χ3v) is 3.81. The number of rotatable bonds is 4. The molecule has 0 fully saturated rings. The van der Waals surface area contributed by atoms with Crippen LogP contribution in [0.25, 0.3) is 0 Å². The molecule has 1 unspecified atom stereocenters. The number of carbonyl (C=O) groups is 2. The van der Waals surface area contributed by atoms with E-state index in [0.717, 1.165) is 12.0 Å². The number of carbonyl (C=O) groups excluding carboxylic acids is 1. The summed E-state index contributed by atoms with van der Waals surface area (Å²) in [5.41, 5.74) is 2.41. The first kappa shape index (κ1) is 13.4. The Balaban J connectivity index is 1.63. The molecular weight excluding hydrogens is 270 g/mol. The number of aryl methyl sites for hydroxylation is 1. The molecular formula is C16H15NO4. The quantitative estimate of drug-likeness (QED) is 0.903. The van der Waals surface area contributed by atoms with Crippen molar-refractivity contribution in [2.75, 3.05) is 0 Å². The fraction of sp³-hybridized carbons (Fsp3) is 0.250. The van der Waals surface area contributed by atoms with Gasteiger partial charge in [-0.1, -0.05) is 24.3 Å². The Kier molecular flexibility index (Phi) is 3.25. The largest absolute Gasteiger partial charge is 0.478 e. The SMILES string of the molecule is Cc1oc(CNC(=O)C2Cc3ccccc32)cc1C(=O)O. The van der Waals surface area contributed by atoms with Crippen molar-refractivity contribution in [2.45, 2.75) is 25.8 Å². The number of benzene rings is 1. The van der Waals surface area contributed by atoms with Crippen LogP contribution in [0, 0.1) is 6.92 Å². The van der Waals surface area contributed by atoms with Gasteiger partial charge < -0.3 is 14.8 Å². The van der Waals surface area contributed by atoms with Crippen LogP contribution in [0.1, 0.15) is 38.9 Å². The van der Waals surface area contributed by atoms with E-state index in [4.69, 9.17) is 9.52 Å². The molecule has 1 amide bonds. The molecule has 1 aliphatic carbocycles. The molecule has 0 radical (unpaired) electrons. The average Bonchev–Trinajstić information content (AvgIpc) is 2.79. The Morgan fingerprint density at radius 3 is 2.81 bits per heavy atom. The number of carboxylic acid groups (broad SMARTS) is 1. The highest BCUT2D eigenvalue weighted by Crippen LogP contribution is 2.34. The van der Waals surface area contributed by atoms with Crippen LogP contribution in [0.5, 0.6) is 0 Å². The van der Waals surface area contributed by atoms with Crippen molar-refractivity contribution in [1.82, 2.24) is 5.32 Å². The van der Waals surface area contributed by atoms with Crippen molar-refractivity contribution < 1.29 is 19.1 Å². The molecule has 0 saturated heterocycles. The summed E-state index contributed by atoms with van der Waals surface area (Å²) in [6.45, 7) is 1.79. The molecule has 2 aromatic rings. The predicted octanol–water partition coefficient (Wildman–Crippen LogP) is 2.24. The van der Waals surface area contributed by atoms with Crippen molar-refractivity contribution in [3.8, 4) is 0 Å². The van der Waals surface area contributed by atoms with Crippen LogP contribution in [-0.4, -0.2) is 17.0 Å². The third-order valence-electron chi connectivity index (χ3n) is 3.81. The number of nitrogens with one attached hydrogen (secondary N) is 1. The molecule has 5 heteroatoms. The maximum Gasteiger partial charge on any atom is 0.339 e. The van der Waals surface area contributed by atoms with Crippen LogP contribution in [-0.2, 0) is 17.8 Å². The van der Waals surface area contributed by atoms with Crippen molar-refractivity contribution >= 4 is 11.9 Å². The normalized spacial score (nSPS) is 16.0. The Bertz CT molecular complexity index is 717. The standard InChI is InChI=1S/C16H15NO4/c1-9-13(16(19)20)7-11(21-9)8-17-15(18)14-6-10-4-2-3-5-12(10)14/h2-5,7,14H,6,8H2,1H3,(H,17,18)(H,19,20). The van der Waals surface area contributed by atoms with Gasteiger partial charge in [-0.05, 0) is 30.5 Å². The van der Waals surface area contributed by atoms with Crippen molar-refractivity contribution in [3.63, 3.8) is 0 Å². The average molecular weight is 285 g/mol. The van der Waals surface area contributed by atoms with Crippen LogP contribution >= 0.6 is 0 Å². The highest BCUT2D eigenvalue weighted by atomic mass is 16.4. The molecule has 0 saturated carbocycles. The smallest absolute Gasteiger partial charge is 0.339 e. The van der Waals surface area contributed by atoms with Gasteiger partial charge in [0.1, 0.15) is 17.1 Å². The molecule has 1 aliphatic rings. The Morgan fingerprint density at radius 1 is 1.38 bits per heavy atom. The monoisotopic (exact) mass is 285 g/mol. The van der Waals surface area contributed by atoms with Gasteiger partial charge in [-0.25, -0.2) is 4.79 Å². The molecule has 1 heterocycles. The van der Waals surface area contributed by atoms with E-state index in [1.807, 2.05) is 24.3 Å². The van der Waals surface area contributed by atoms with Crippen LogP contribution < -0.4 is 5.32 Å². The molecule has 21 heavy (non-hydrogen) atoms. The lowest BCUT2D eigenvalue weighted by Gasteiger charge is -2.28. The maximum atomic E-state index is 12.1. The van der Waals surface area contributed by atoms with Gasteiger partial charge >= 0.3 is 5.97 Å². The van der Waals surface area contributed by atoms with Gasteiger partial charge in [0, 0.05) is 0 Å². The third kappa shape index (κ3) is 2.42. The first-order chi connectivity index (χ1) is 10.1. The first-order valence-corrected chi connectivity index (χ1v) is 6.74. The summed E-state index contributed by atoms with van der Waals surface area (Å²) in [5.74, 6) is -0.399. The van der Waals surface area contributed by atoms with Gasteiger partial charge in [-0.3, -0.25) is 4.79 Å². The van der Waals surface area contributed by atoms with Gasteiger partial charge in [0.05, 0.1) is 12.5 Å². The summed E-state index contributed by atoms with van der Waals surface area (Å²) < 4.78 is 5.33. The Labute approximate surface area is 121 Å². The number of hydrogen-bond acceptors (Lipinski definition) is 3. The molecule has 3 rings (SSSR count). The fourth-order valence-corrected chi connectivity index (χ4v) is 2.63. The summed E-state index contributed by atoms with van der Waals surface area (Å²) in [6, 6.07) is 9.32. The van der Waals surface area contributed by atoms with Gasteiger partial charge in [-0.15, -0.1) is 0 Å². The van der Waals surface area contributed by atoms with Crippen molar-refractivity contribution in [2.24, 2.45) is 0 Å². The minimum atomic E-state index is -1.03. The minimum Gasteiger partial charge on any atom is -0.478 e. The van der Waals surface area contributed by atoms with Crippen molar-refractivity contribution in [1.29, 1.82) is 0 Å². The van der Waals surface area contributed by atoms with E-state index in [2.05, 4.69) is 5.32 Å². The second-order valence-corrected chi connectivity index (χ2v) is 5.16. The van der Waals surface area contributed by atoms with Gasteiger partial charge in [0.15, 0.2) is 0 Å². The molecule has 2 N–H and O–H groups in total. The summed E-state index contributed by atoms with van der Waals surface area (Å²) in [6.07, 6.45) is 0.750. The predicted molar refractivity (Wildman–Crippen MR) is 75.1 cm³/mol. The molecule has 1 atom stereocenters. The second kappa shape index (κ2) is 5.09. The molecule has 1 aromatic heterocycles. The highest BCUT2D eigenvalue weighted by Gasteiger charge is 2.31. The number of aromatic carboxylic acids is 1. The van der Waals surface area contributed by atoms with E-state index < -0.39 is 5.97 Å². The second-order valence-electron chi connectivity index (χ2n) is 5.16. The fourth-order valence-electron chi connectivity index (χ4n) is 2.63. The molecule has 5 nitrogen and oxygen atoms in total. The van der Waals surface area contributed by atoms with Gasteiger partial charge in [0.25, 0.3) is 0 Å². The zero-order chi connectivity index (χ0) is 15.0. The number of carboxylic acids is 1. The van der Waals surface area contributed by atoms with Crippen LogP contribution in [0.2, 0.25) is 0 Å². The van der Waals surface area contributed by atoms with E-state index >= 15 is 0 Å². The Hall–Kier alpha value is -2.56. The molecule has 0 spiro atoms. The van der Waals surface area contributed by atoms with Gasteiger partial charge in [0.2, 0.25) is 5.91 Å². The van der Waals surface area contributed by atoms with Crippen LogP contribution in [0.4, 0.5) is 0 Å². The number of amides is 1. The molecule has 108 valence electrons. The number of hydrogen-bond donors (Lipinski definition) is 2. The lowest BCUT2D eigenvalue weighted by atomic mass is 9.77. The Morgan fingerprint density at radius 2 is 2.14 bits per heavy atom. The number of fused-ring (bicyclic) bond motifs is 1. The summed E-state index contributed by atoms with van der Waals surface area (Å²) >= 11 is 0. The lowest BCUT2D eigenvalue weighted by molar-refractivity contribution is -0.123. The maximum absolute atomic E-state index is 12.1. The summed E-state index contributed by atoms with van der Waals surface area (Å²) in [7, 11) is 0. The van der Waals surface area contributed by atoms with Gasteiger partial charge in [-0.2, -0.15) is 0 Å². The molecule has 0 aliphatic heterocycles. The minimum absolute atomic E-state index is 0.0559. The molecule has 1 aromatic carbocycles. The van der Waals surface area contributed by atoms with E-state index in [-0.39, 0.29) is 23.9 Å². The van der Waals surface area contributed by atoms with Crippen molar-refractivity contribution in [3.05, 3.63) is 58.5 Å². The summed E-state index contributed by atoms with van der Waals surface area (Å²) in [4.78, 5) is 23.0. The zero-order valence-corrected chi connectivity index (χ0v) is 11.6. The zero-order valence-electron chi connectivity index (χ0n) is 11.6. The first-order valence-electron chi connectivity index (χ1n) is 6.74. The van der Waals surface area contributed by atoms with Crippen LogP contribution in [0.15, 0.2) is 34.7 Å². The molecule has 0 bridgehead atoms. The van der Waals surface area contributed by atoms with E-state index in [1.54, 1.807) is 6.92 Å². The topological polar surface area (TPSA) is 79.5 Å². The van der Waals surface area contributed by atoms with E-state index in [1.165, 1.54) is 11.6 Å². The lowest BCUT2D eigenvalue weighted by Crippen LogP contribution is -2.34.